The van der Waals surface area contributed by atoms with Crippen LogP contribution in [0.5, 0.6) is 0 Å². The van der Waals surface area contributed by atoms with Crippen LogP contribution in [-0.4, -0.2) is 87.2 Å². The number of rotatable bonds is 6. The average Bonchev–Trinajstić information content (AvgIpc) is 2.69. The van der Waals surface area contributed by atoms with Gasteiger partial charge in [-0.1, -0.05) is 0 Å². The molecule has 8 nitrogen and oxygen atoms in total. The maximum atomic E-state index is 11.9. The molecule has 2 aliphatic heterocycles. The van der Waals surface area contributed by atoms with Crippen molar-refractivity contribution in [2.45, 2.75) is 45.1 Å². The lowest BCUT2D eigenvalue weighted by Gasteiger charge is -2.34. The molecule has 1 atom stereocenters. The summed E-state index contributed by atoms with van der Waals surface area (Å²) in [7, 11) is 3.46. The second kappa shape index (κ2) is 13.2. The first kappa shape index (κ1) is 24.9. The van der Waals surface area contributed by atoms with Crippen LogP contribution in [0.25, 0.3) is 0 Å². The highest BCUT2D eigenvalue weighted by atomic mass is 127. The first-order valence-electron chi connectivity index (χ1n) is 10.0. The molecule has 9 heteroatoms. The molecule has 1 N–H and O–H groups in total. The van der Waals surface area contributed by atoms with Crippen molar-refractivity contribution in [1.29, 1.82) is 0 Å². The van der Waals surface area contributed by atoms with Crippen molar-refractivity contribution in [3.8, 4) is 0 Å². The van der Waals surface area contributed by atoms with E-state index >= 15 is 0 Å². The number of amides is 1. The molecule has 1 amide bonds. The zero-order valence-corrected chi connectivity index (χ0v) is 19.6. The van der Waals surface area contributed by atoms with Gasteiger partial charge in [0.05, 0.1) is 18.6 Å². The number of nitrogens with zero attached hydrogens (tertiary/aromatic N) is 3. The van der Waals surface area contributed by atoms with E-state index in [1.54, 1.807) is 19.0 Å². The standard InChI is InChI=1S/C19H34N4O4.HI/c1-4-26-18(25)15-8-10-23(11-9-15)19(21-14-17(24)22(2)3)20-13-16-7-5-6-12-27-16;/h15-16H,4-14H2,1-3H3,(H,20,21);1H. The van der Waals surface area contributed by atoms with E-state index < -0.39 is 0 Å². The molecule has 162 valence electrons. The van der Waals surface area contributed by atoms with Crippen LogP contribution in [-0.2, 0) is 19.1 Å². The summed E-state index contributed by atoms with van der Waals surface area (Å²) in [6.07, 6.45) is 5.01. The van der Waals surface area contributed by atoms with Crippen molar-refractivity contribution >= 4 is 41.8 Å². The van der Waals surface area contributed by atoms with Gasteiger partial charge in [0.2, 0.25) is 5.91 Å². The number of esters is 1. The molecule has 0 spiro atoms. The Kier molecular flexibility index (Phi) is 11.7. The summed E-state index contributed by atoms with van der Waals surface area (Å²) in [5.41, 5.74) is 0. The molecule has 1 unspecified atom stereocenters. The molecule has 2 saturated heterocycles. The lowest BCUT2D eigenvalue weighted by atomic mass is 9.97. The minimum atomic E-state index is -0.109. The van der Waals surface area contributed by atoms with Gasteiger partial charge >= 0.3 is 5.97 Å². The predicted octanol–water partition coefficient (Wildman–Crippen LogP) is 1.48. The lowest BCUT2D eigenvalue weighted by molar-refractivity contribution is -0.149. The van der Waals surface area contributed by atoms with E-state index in [1.807, 2.05) is 6.92 Å². The van der Waals surface area contributed by atoms with Gasteiger partial charge in [0.15, 0.2) is 5.96 Å². The van der Waals surface area contributed by atoms with E-state index in [1.165, 1.54) is 6.42 Å². The Balaban J connectivity index is 0.00000392. The fraction of sp³-hybridized carbons (Fsp3) is 0.842. The predicted molar refractivity (Wildman–Crippen MR) is 119 cm³/mol. The van der Waals surface area contributed by atoms with Gasteiger partial charge in [0, 0.05) is 40.3 Å². The number of likely N-dealkylation sites (N-methyl/N-ethyl adjacent to an activating group) is 1. The highest BCUT2D eigenvalue weighted by molar-refractivity contribution is 14.0. The minimum Gasteiger partial charge on any atom is -0.466 e. The number of guanidine groups is 1. The minimum absolute atomic E-state index is 0. The highest BCUT2D eigenvalue weighted by Crippen LogP contribution is 2.19. The third-order valence-corrected chi connectivity index (χ3v) is 5.04. The molecular weight excluding hydrogens is 475 g/mol. The number of carbonyl (C=O) groups excluding carboxylic acids is 2. The van der Waals surface area contributed by atoms with Crippen LogP contribution in [0.4, 0.5) is 0 Å². The number of carbonyl (C=O) groups is 2. The quantitative estimate of drug-likeness (QED) is 0.252. The summed E-state index contributed by atoms with van der Waals surface area (Å²) in [6.45, 7) is 5.29. The third-order valence-electron chi connectivity index (χ3n) is 5.04. The van der Waals surface area contributed by atoms with Crippen LogP contribution < -0.4 is 5.32 Å². The molecule has 0 bridgehead atoms. The van der Waals surface area contributed by atoms with E-state index in [0.717, 1.165) is 51.3 Å². The molecule has 2 rings (SSSR count). The fourth-order valence-electron chi connectivity index (χ4n) is 3.31. The van der Waals surface area contributed by atoms with Gasteiger partial charge in [0.1, 0.15) is 6.54 Å². The summed E-state index contributed by atoms with van der Waals surface area (Å²) in [4.78, 5) is 32.1. The molecular formula is C19H35IN4O4. The first-order chi connectivity index (χ1) is 13.0. The molecule has 2 fully saturated rings. The zero-order chi connectivity index (χ0) is 19.6. The monoisotopic (exact) mass is 510 g/mol. The maximum Gasteiger partial charge on any atom is 0.309 e. The second-order valence-corrected chi connectivity index (χ2v) is 7.31. The maximum absolute atomic E-state index is 11.9. The van der Waals surface area contributed by atoms with Crippen LogP contribution >= 0.6 is 24.0 Å². The highest BCUT2D eigenvalue weighted by Gasteiger charge is 2.28. The van der Waals surface area contributed by atoms with Crippen LogP contribution in [0.1, 0.15) is 39.0 Å². The van der Waals surface area contributed by atoms with Gasteiger partial charge in [-0.25, -0.2) is 4.99 Å². The SMILES string of the molecule is CCOC(=O)C1CCN(C(=NCC(=O)N(C)C)NCC2CCCCO2)CC1.I. The van der Waals surface area contributed by atoms with Crippen molar-refractivity contribution in [2.24, 2.45) is 10.9 Å². The lowest BCUT2D eigenvalue weighted by Crippen LogP contribution is -2.49. The van der Waals surface area contributed by atoms with Gasteiger partial charge in [-0.05, 0) is 39.0 Å². The molecule has 0 aromatic carbocycles. The molecule has 0 aromatic rings. The average molecular weight is 510 g/mol. The normalized spacial score (nSPS) is 20.9. The first-order valence-corrected chi connectivity index (χ1v) is 10.0. The zero-order valence-electron chi connectivity index (χ0n) is 17.3. The van der Waals surface area contributed by atoms with Crippen molar-refractivity contribution in [2.75, 3.05) is 53.5 Å². The summed E-state index contributed by atoms with van der Waals surface area (Å²) < 4.78 is 10.9. The van der Waals surface area contributed by atoms with E-state index in [9.17, 15) is 9.59 Å². The summed E-state index contributed by atoms with van der Waals surface area (Å²) in [5, 5.41) is 3.39. The van der Waals surface area contributed by atoms with Crippen LogP contribution in [0, 0.1) is 5.92 Å². The van der Waals surface area contributed by atoms with Crippen LogP contribution in [0.3, 0.4) is 0 Å². The number of likely N-dealkylation sites (tertiary alicyclic amines) is 1. The Hall–Kier alpha value is -1.10. The third kappa shape index (κ3) is 8.10. The number of piperidine rings is 1. The van der Waals surface area contributed by atoms with E-state index in [-0.39, 0.29) is 54.4 Å². The summed E-state index contributed by atoms with van der Waals surface area (Å²) in [6, 6.07) is 0. The number of nitrogens with one attached hydrogen (secondary N) is 1. The molecule has 0 aromatic heterocycles. The van der Waals surface area contributed by atoms with E-state index in [2.05, 4.69) is 15.2 Å². The fourth-order valence-corrected chi connectivity index (χ4v) is 3.31. The van der Waals surface area contributed by atoms with Crippen LogP contribution in [0.15, 0.2) is 4.99 Å². The van der Waals surface area contributed by atoms with Gasteiger partial charge in [-0.15, -0.1) is 24.0 Å². The van der Waals surface area contributed by atoms with Crippen molar-refractivity contribution < 1.29 is 19.1 Å². The van der Waals surface area contributed by atoms with Gasteiger partial charge < -0.3 is 24.6 Å². The van der Waals surface area contributed by atoms with Crippen molar-refractivity contribution in [1.82, 2.24) is 15.1 Å². The number of aliphatic imine (C=N–C) groups is 1. The van der Waals surface area contributed by atoms with Crippen molar-refractivity contribution in [3.63, 3.8) is 0 Å². The smallest absolute Gasteiger partial charge is 0.309 e. The number of ether oxygens (including phenoxy) is 2. The van der Waals surface area contributed by atoms with Gasteiger partial charge in [-0.3, -0.25) is 9.59 Å². The molecule has 0 aliphatic carbocycles. The van der Waals surface area contributed by atoms with Gasteiger partial charge in [-0.2, -0.15) is 0 Å². The van der Waals surface area contributed by atoms with Gasteiger partial charge in [0.25, 0.3) is 0 Å². The molecule has 0 radical (unpaired) electrons. The Morgan fingerprint density at radius 1 is 1.21 bits per heavy atom. The largest absolute Gasteiger partial charge is 0.466 e. The van der Waals surface area contributed by atoms with Crippen LogP contribution in [0.2, 0.25) is 0 Å². The van der Waals surface area contributed by atoms with E-state index in [0.29, 0.717) is 13.2 Å². The molecule has 2 heterocycles. The molecule has 0 saturated carbocycles. The van der Waals surface area contributed by atoms with E-state index in [4.69, 9.17) is 9.47 Å². The number of hydrogen-bond donors (Lipinski definition) is 1. The number of hydrogen-bond acceptors (Lipinski definition) is 5. The Morgan fingerprint density at radius 3 is 2.50 bits per heavy atom. The van der Waals surface area contributed by atoms with Crippen molar-refractivity contribution in [3.05, 3.63) is 0 Å². The molecule has 2 aliphatic rings. The second-order valence-electron chi connectivity index (χ2n) is 7.31. The topological polar surface area (TPSA) is 83.5 Å². The molecule has 28 heavy (non-hydrogen) atoms. The number of halogens is 1. The summed E-state index contributed by atoms with van der Waals surface area (Å²) >= 11 is 0. The Labute approximate surface area is 185 Å². The Bertz CT molecular complexity index is 516. The summed E-state index contributed by atoms with van der Waals surface area (Å²) in [5.74, 6) is 0.529. The Morgan fingerprint density at radius 2 is 1.93 bits per heavy atom.